The lowest BCUT2D eigenvalue weighted by Gasteiger charge is -2.32. The number of nitrogens with two attached hydrogens (primary N) is 1. The fraction of sp³-hybridized carbons (Fsp3) is 0.474. The van der Waals surface area contributed by atoms with E-state index in [0.29, 0.717) is 18.4 Å². The minimum atomic E-state index is -0.0393. The Balaban J connectivity index is 1.85. The number of rotatable bonds is 5. The molecule has 2 aromatic rings. The van der Waals surface area contributed by atoms with E-state index >= 15 is 0 Å². The van der Waals surface area contributed by atoms with Crippen molar-refractivity contribution >= 4 is 11.5 Å². The van der Waals surface area contributed by atoms with Gasteiger partial charge in [0.25, 0.3) is 0 Å². The number of ether oxygens (including phenoxy) is 1. The van der Waals surface area contributed by atoms with Gasteiger partial charge in [0.1, 0.15) is 17.7 Å². The first-order valence-corrected chi connectivity index (χ1v) is 8.85. The number of nitrogens with zero attached hydrogens (tertiary/aromatic N) is 4. The van der Waals surface area contributed by atoms with Gasteiger partial charge in [-0.2, -0.15) is 9.97 Å². The van der Waals surface area contributed by atoms with Crippen molar-refractivity contribution in [3.05, 3.63) is 35.0 Å². The van der Waals surface area contributed by atoms with Gasteiger partial charge in [0.2, 0.25) is 0 Å². The predicted molar refractivity (Wildman–Crippen MR) is 103 cm³/mol. The molecule has 0 aliphatic carbocycles. The molecule has 0 amide bonds. The smallest absolute Gasteiger partial charge is 0.318 e. The number of hydrogen-bond acceptors (Lipinski definition) is 7. The Morgan fingerprint density at radius 2 is 2.12 bits per heavy atom. The average molecular weight is 357 g/mol. The third-order valence-electron chi connectivity index (χ3n) is 4.54. The maximum atomic E-state index is 10.3. The summed E-state index contributed by atoms with van der Waals surface area (Å²) in [6.45, 7) is 6.08. The fourth-order valence-electron chi connectivity index (χ4n) is 3.47. The molecule has 1 aromatic heterocycles. The first-order valence-electron chi connectivity index (χ1n) is 8.85. The summed E-state index contributed by atoms with van der Waals surface area (Å²) in [5.41, 5.74) is 9.87. The Kier molecular flexibility index (Phi) is 5.18. The Morgan fingerprint density at radius 1 is 1.35 bits per heavy atom. The van der Waals surface area contributed by atoms with Gasteiger partial charge in [0.15, 0.2) is 0 Å². The van der Waals surface area contributed by atoms with Crippen LogP contribution in [0.25, 0.3) is 0 Å². The van der Waals surface area contributed by atoms with E-state index in [4.69, 9.17) is 10.5 Å². The number of aromatic nitrogens is 2. The minimum absolute atomic E-state index is 0.0393. The van der Waals surface area contributed by atoms with Crippen LogP contribution in [0.4, 0.5) is 11.5 Å². The molecule has 26 heavy (non-hydrogen) atoms. The molecule has 1 aliphatic rings. The number of fused-ring (bicyclic) bond motifs is 1. The number of hydrogen-bond donors (Lipinski definition) is 2. The largest absolute Gasteiger partial charge is 0.506 e. The highest BCUT2D eigenvalue weighted by Crippen LogP contribution is 2.35. The monoisotopic (exact) mass is 357 g/mol. The van der Waals surface area contributed by atoms with E-state index in [1.807, 2.05) is 40.1 Å². The number of nitrogen functional groups attached to an aromatic ring is 1. The van der Waals surface area contributed by atoms with Gasteiger partial charge >= 0.3 is 6.01 Å². The summed E-state index contributed by atoms with van der Waals surface area (Å²) in [6.07, 6.45) is 0.699. The molecule has 0 unspecified atom stereocenters. The van der Waals surface area contributed by atoms with E-state index in [0.717, 1.165) is 42.0 Å². The topological polar surface area (TPSA) is 87.7 Å². The van der Waals surface area contributed by atoms with Crippen LogP contribution in [0, 0.1) is 6.92 Å². The van der Waals surface area contributed by atoms with Crippen LogP contribution in [0.2, 0.25) is 0 Å². The van der Waals surface area contributed by atoms with E-state index in [1.54, 1.807) is 6.07 Å². The standard InChI is InChI=1S/C19H27N5O2/c1-12-6-5-7-16(25)17(12)24-9-8-14-15(11-24)21-19(22-18(14)20)26-13(2)10-23(3)4/h5-7,13,25H,8-11H2,1-4H3,(H2,20,21,22)/t13-/m1/s1. The molecule has 0 saturated carbocycles. The van der Waals surface area contributed by atoms with Crippen molar-refractivity contribution in [3.63, 3.8) is 0 Å². The van der Waals surface area contributed by atoms with Crippen molar-refractivity contribution in [3.8, 4) is 11.8 Å². The SMILES string of the molecule is Cc1cccc(O)c1N1CCc2c(N)nc(O[C@H](C)CN(C)C)nc2C1. The second-order valence-electron chi connectivity index (χ2n) is 7.12. The van der Waals surface area contributed by atoms with Gasteiger partial charge in [-0.1, -0.05) is 12.1 Å². The molecule has 3 N–H and O–H groups in total. The number of phenols is 1. The van der Waals surface area contributed by atoms with E-state index < -0.39 is 0 Å². The number of para-hydroxylation sites is 1. The summed E-state index contributed by atoms with van der Waals surface area (Å²) < 4.78 is 5.85. The molecular weight excluding hydrogens is 330 g/mol. The summed E-state index contributed by atoms with van der Waals surface area (Å²) in [5.74, 6) is 0.766. The molecule has 140 valence electrons. The number of likely N-dealkylation sites (N-methyl/N-ethyl adjacent to an activating group) is 1. The van der Waals surface area contributed by atoms with Gasteiger partial charge in [0.05, 0.1) is 17.9 Å². The van der Waals surface area contributed by atoms with Gasteiger partial charge in [-0.05, 0) is 46.0 Å². The molecule has 0 saturated heterocycles. The third kappa shape index (κ3) is 3.83. The fourth-order valence-corrected chi connectivity index (χ4v) is 3.47. The van der Waals surface area contributed by atoms with Crippen LogP contribution in [0.5, 0.6) is 11.8 Å². The molecule has 0 radical (unpaired) electrons. The van der Waals surface area contributed by atoms with Crippen LogP contribution in [0.1, 0.15) is 23.7 Å². The van der Waals surface area contributed by atoms with Crippen molar-refractivity contribution in [2.45, 2.75) is 32.9 Å². The van der Waals surface area contributed by atoms with Crippen LogP contribution in [0.15, 0.2) is 18.2 Å². The Morgan fingerprint density at radius 3 is 2.81 bits per heavy atom. The zero-order valence-corrected chi connectivity index (χ0v) is 15.9. The minimum Gasteiger partial charge on any atom is -0.506 e. The van der Waals surface area contributed by atoms with Crippen molar-refractivity contribution in [2.75, 3.05) is 37.8 Å². The van der Waals surface area contributed by atoms with E-state index in [2.05, 4.69) is 19.8 Å². The number of benzene rings is 1. The van der Waals surface area contributed by atoms with Gasteiger partial charge in [-0.15, -0.1) is 0 Å². The highest BCUT2D eigenvalue weighted by Gasteiger charge is 2.24. The van der Waals surface area contributed by atoms with Crippen LogP contribution in [-0.2, 0) is 13.0 Å². The molecule has 7 nitrogen and oxygen atoms in total. The second-order valence-corrected chi connectivity index (χ2v) is 7.12. The van der Waals surface area contributed by atoms with Crippen molar-refractivity contribution in [2.24, 2.45) is 0 Å². The Labute approximate surface area is 154 Å². The number of anilines is 2. The summed E-state index contributed by atoms with van der Waals surface area (Å²) >= 11 is 0. The van der Waals surface area contributed by atoms with Crippen LogP contribution in [0.3, 0.4) is 0 Å². The quantitative estimate of drug-likeness (QED) is 0.846. The van der Waals surface area contributed by atoms with Crippen LogP contribution >= 0.6 is 0 Å². The molecule has 0 bridgehead atoms. The molecule has 2 heterocycles. The maximum absolute atomic E-state index is 10.3. The van der Waals surface area contributed by atoms with Gasteiger partial charge in [0, 0.05) is 18.7 Å². The molecule has 1 aromatic carbocycles. The zero-order valence-electron chi connectivity index (χ0n) is 15.9. The molecule has 1 atom stereocenters. The van der Waals surface area contributed by atoms with Gasteiger partial charge in [-0.3, -0.25) is 0 Å². The lowest BCUT2D eigenvalue weighted by Crippen LogP contribution is -2.33. The molecule has 0 spiro atoms. The maximum Gasteiger partial charge on any atom is 0.318 e. The molecule has 7 heteroatoms. The Hall–Kier alpha value is -2.54. The molecular formula is C19H27N5O2. The highest BCUT2D eigenvalue weighted by molar-refractivity contribution is 5.64. The lowest BCUT2D eigenvalue weighted by molar-refractivity contribution is 0.163. The first kappa shape index (κ1) is 18.3. The Bertz CT molecular complexity index is 773. The molecule has 1 aliphatic heterocycles. The predicted octanol–water partition coefficient (Wildman–Crippen LogP) is 1.96. The lowest BCUT2D eigenvalue weighted by atomic mass is 10.0. The summed E-state index contributed by atoms with van der Waals surface area (Å²) in [5, 5.41) is 10.3. The van der Waals surface area contributed by atoms with E-state index in [9.17, 15) is 5.11 Å². The molecule has 0 fully saturated rings. The second kappa shape index (κ2) is 7.37. The molecule has 3 rings (SSSR count). The zero-order chi connectivity index (χ0) is 18.8. The van der Waals surface area contributed by atoms with Crippen LogP contribution < -0.4 is 15.4 Å². The number of phenolic OH excluding ortho intramolecular Hbond substituents is 1. The van der Waals surface area contributed by atoms with E-state index in [-0.39, 0.29) is 11.9 Å². The first-order chi connectivity index (χ1) is 12.3. The average Bonchev–Trinajstić information content (AvgIpc) is 2.53. The number of aromatic hydroxyl groups is 1. The van der Waals surface area contributed by atoms with Gasteiger partial charge in [-0.25, -0.2) is 0 Å². The highest BCUT2D eigenvalue weighted by atomic mass is 16.5. The third-order valence-corrected chi connectivity index (χ3v) is 4.54. The summed E-state index contributed by atoms with van der Waals surface area (Å²) in [6, 6.07) is 5.87. The number of aryl methyl sites for hydroxylation is 1. The van der Waals surface area contributed by atoms with Crippen molar-refractivity contribution in [1.82, 2.24) is 14.9 Å². The van der Waals surface area contributed by atoms with Gasteiger partial charge < -0.3 is 25.4 Å². The summed E-state index contributed by atoms with van der Waals surface area (Å²) in [4.78, 5) is 13.1. The normalized spacial score (nSPS) is 15.0. The summed E-state index contributed by atoms with van der Waals surface area (Å²) in [7, 11) is 3.99. The van der Waals surface area contributed by atoms with Crippen molar-refractivity contribution in [1.29, 1.82) is 0 Å². The van der Waals surface area contributed by atoms with Crippen LogP contribution in [-0.4, -0.2) is 53.3 Å². The van der Waals surface area contributed by atoms with Crippen molar-refractivity contribution < 1.29 is 9.84 Å². The van der Waals surface area contributed by atoms with E-state index in [1.165, 1.54) is 0 Å².